The van der Waals surface area contributed by atoms with E-state index in [0.717, 1.165) is 68.5 Å². The number of nitrogens with one attached hydrogen (secondary N) is 2. The molecule has 0 aliphatic carbocycles. The molecule has 0 saturated heterocycles. The minimum Gasteiger partial charge on any atom is -0.464 e. The summed E-state index contributed by atoms with van der Waals surface area (Å²) >= 11 is 3.80. The van der Waals surface area contributed by atoms with Gasteiger partial charge in [0.25, 0.3) is 0 Å². The zero-order valence-electron chi connectivity index (χ0n) is 28.3. The summed E-state index contributed by atoms with van der Waals surface area (Å²) in [6, 6.07) is 32.5. The summed E-state index contributed by atoms with van der Waals surface area (Å²) in [7, 11) is 0. The molecule has 2 aromatic heterocycles. The molecule has 6 rings (SSSR count). The number of rotatable bonds is 19. The molecule has 0 unspecified atom stereocenters. The summed E-state index contributed by atoms with van der Waals surface area (Å²) in [4.78, 5) is 27.2. The van der Waals surface area contributed by atoms with Crippen LogP contribution >= 0.6 is 23.5 Å². The van der Waals surface area contributed by atoms with Crippen LogP contribution in [0, 0.1) is 0 Å². The van der Waals surface area contributed by atoms with Crippen LogP contribution in [-0.4, -0.2) is 36.4 Å². The number of hydrogen-bond donors (Lipinski definition) is 2. The van der Waals surface area contributed by atoms with Gasteiger partial charge >= 0.3 is 0 Å². The van der Waals surface area contributed by atoms with Gasteiger partial charge < -0.3 is 19.5 Å². The number of fused-ring (bicyclic) bond motifs is 2. The number of amides is 2. The molecule has 0 fully saturated rings. The fourth-order valence-electron chi connectivity index (χ4n) is 5.99. The molecule has 2 amide bonds. The molecule has 6 aromatic rings. The molecule has 4 aromatic carbocycles. The topological polar surface area (TPSA) is 84.5 Å². The third-order valence-electron chi connectivity index (χ3n) is 8.67. The van der Waals surface area contributed by atoms with Crippen molar-refractivity contribution < 1.29 is 18.4 Å². The zero-order chi connectivity index (χ0) is 34.4. The number of benzene rings is 4. The van der Waals surface area contributed by atoms with Gasteiger partial charge in [-0.05, 0) is 95.8 Å². The van der Waals surface area contributed by atoms with Crippen molar-refractivity contribution in [3.63, 3.8) is 0 Å². The lowest BCUT2D eigenvalue weighted by Crippen LogP contribution is -2.27. The molecule has 0 aliphatic heterocycles. The smallest absolute Gasteiger partial charge is 0.224 e. The second-order valence-corrected chi connectivity index (χ2v) is 14.8. The molecular formula is C42H44N2O4S2. The maximum Gasteiger partial charge on any atom is 0.224 e. The first kappa shape index (κ1) is 35.4. The molecule has 0 aliphatic rings. The number of furan rings is 2. The minimum absolute atomic E-state index is 0.0401. The maximum absolute atomic E-state index is 12.3. The van der Waals surface area contributed by atoms with Gasteiger partial charge in [0, 0.05) is 33.7 Å². The van der Waals surface area contributed by atoms with E-state index in [0.29, 0.717) is 25.9 Å². The summed E-state index contributed by atoms with van der Waals surface area (Å²) in [6.45, 7) is 1.18. The molecule has 0 spiro atoms. The van der Waals surface area contributed by atoms with Gasteiger partial charge in [0.2, 0.25) is 11.8 Å². The first-order valence-electron chi connectivity index (χ1n) is 17.5. The van der Waals surface area contributed by atoms with E-state index in [1.165, 1.54) is 35.5 Å². The standard InChI is InChI=1S/C42H44N2O4S2/c45-41(25-31-11-5-3-6-12-31)43-21-19-33-29-47-39-17-15-35(27-37(33)39)49-23-9-1-2-10-24-50-36-16-18-40-38(28-36)34(30-48-40)20-22-44-42(46)26-32-13-7-4-8-14-32/h3-8,11-18,27-30H,1-2,9-10,19-26H2,(H,43,45)(H,44,46). The van der Waals surface area contributed by atoms with Crippen LogP contribution in [0.3, 0.4) is 0 Å². The van der Waals surface area contributed by atoms with Crippen molar-refractivity contribution in [1.29, 1.82) is 0 Å². The predicted molar refractivity (Wildman–Crippen MR) is 206 cm³/mol. The van der Waals surface area contributed by atoms with Gasteiger partial charge in [0.1, 0.15) is 11.2 Å². The van der Waals surface area contributed by atoms with Crippen LogP contribution < -0.4 is 10.6 Å². The minimum atomic E-state index is 0.0401. The molecule has 8 heteroatoms. The van der Waals surface area contributed by atoms with E-state index in [-0.39, 0.29) is 11.8 Å². The molecule has 0 saturated carbocycles. The summed E-state index contributed by atoms with van der Waals surface area (Å²) in [6.07, 6.45) is 10.7. The highest BCUT2D eigenvalue weighted by molar-refractivity contribution is 7.99. The first-order chi connectivity index (χ1) is 24.6. The van der Waals surface area contributed by atoms with Gasteiger partial charge in [-0.2, -0.15) is 0 Å². The molecule has 2 heterocycles. The zero-order valence-corrected chi connectivity index (χ0v) is 30.0. The second-order valence-electron chi connectivity index (χ2n) is 12.5. The Bertz CT molecular complexity index is 1830. The Labute approximate surface area is 302 Å². The van der Waals surface area contributed by atoms with Gasteiger partial charge in [0.15, 0.2) is 0 Å². The van der Waals surface area contributed by atoms with Crippen LogP contribution in [0.1, 0.15) is 47.9 Å². The van der Waals surface area contributed by atoms with Gasteiger partial charge in [-0.25, -0.2) is 0 Å². The van der Waals surface area contributed by atoms with Gasteiger partial charge in [-0.1, -0.05) is 73.5 Å². The van der Waals surface area contributed by atoms with Crippen LogP contribution in [0.4, 0.5) is 0 Å². The molecule has 0 atom stereocenters. The van der Waals surface area contributed by atoms with Crippen molar-refractivity contribution in [1.82, 2.24) is 10.6 Å². The molecule has 0 bridgehead atoms. The average Bonchev–Trinajstić information content (AvgIpc) is 3.73. The Morgan fingerprint density at radius 1 is 0.540 bits per heavy atom. The van der Waals surface area contributed by atoms with Crippen molar-refractivity contribution in [2.24, 2.45) is 0 Å². The van der Waals surface area contributed by atoms with Crippen molar-refractivity contribution in [2.75, 3.05) is 24.6 Å². The third-order valence-corrected chi connectivity index (χ3v) is 10.8. The largest absolute Gasteiger partial charge is 0.464 e. The molecule has 6 nitrogen and oxygen atoms in total. The van der Waals surface area contributed by atoms with Gasteiger partial charge in [0.05, 0.1) is 25.4 Å². The molecule has 50 heavy (non-hydrogen) atoms. The Hall–Kier alpha value is -4.40. The quantitative estimate of drug-likeness (QED) is 0.0646. The summed E-state index contributed by atoms with van der Waals surface area (Å²) in [5, 5.41) is 8.35. The Balaban J connectivity index is 0.857. The van der Waals surface area contributed by atoms with E-state index >= 15 is 0 Å². The number of unbranched alkanes of at least 4 members (excludes halogenated alkanes) is 3. The van der Waals surface area contributed by atoms with Gasteiger partial charge in [-0.15, -0.1) is 23.5 Å². The maximum atomic E-state index is 12.3. The summed E-state index contributed by atoms with van der Waals surface area (Å²) in [5.74, 6) is 2.26. The molecule has 2 N–H and O–H groups in total. The molecular weight excluding hydrogens is 661 g/mol. The second kappa shape index (κ2) is 18.6. The summed E-state index contributed by atoms with van der Waals surface area (Å²) in [5.41, 5.74) is 6.09. The lowest BCUT2D eigenvalue weighted by Gasteiger charge is -2.06. The molecule has 258 valence electrons. The predicted octanol–water partition coefficient (Wildman–Crippen LogP) is 9.43. The normalized spacial score (nSPS) is 11.3. The van der Waals surface area contributed by atoms with E-state index in [2.05, 4.69) is 47.0 Å². The van der Waals surface area contributed by atoms with Crippen LogP contribution in [-0.2, 0) is 35.3 Å². The number of hydrogen-bond acceptors (Lipinski definition) is 6. The van der Waals surface area contributed by atoms with Crippen molar-refractivity contribution in [2.45, 2.75) is 61.2 Å². The monoisotopic (exact) mass is 704 g/mol. The first-order valence-corrected chi connectivity index (χ1v) is 19.4. The highest BCUT2D eigenvalue weighted by atomic mass is 32.2. The number of carbonyl (C=O) groups is 2. The number of carbonyl (C=O) groups excluding carboxylic acids is 2. The van der Waals surface area contributed by atoms with E-state index in [9.17, 15) is 9.59 Å². The van der Waals surface area contributed by atoms with Gasteiger partial charge in [-0.3, -0.25) is 9.59 Å². The average molecular weight is 705 g/mol. The van der Waals surface area contributed by atoms with Crippen LogP contribution in [0.25, 0.3) is 21.9 Å². The Morgan fingerprint density at radius 3 is 1.42 bits per heavy atom. The fraction of sp³-hybridized carbons (Fsp3) is 0.286. The van der Waals surface area contributed by atoms with Crippen LogP contribution in [0.2, 0.25) is 0 Å². The van der Waals surface area contributed by atoms with E-state index in [1.807, 2.05) is 96.7 Å². The van der Waals surface area contributed by atoms with Crippen LogP contribution in [0.15, 0.2) is 128 Å². The highest BCUT2D eigenvalue weighted by Gasteiger charge is 2.11. The fourth-order valence-corrected chi connectivity index (χ4v) is 7.89. The summed E-state index contributed by atoms with van der Waals surface area (Å²) < 4.78 is 11.6. The lowest BCUT2D eigenvalue weighted by molar-refractivity contribution is -0.121. The molecule has 0 radical (unpaired) electrons. The lowest BCUT2D eigenvalue weighted by atomic mass is 10.1. The van der Waals surface area contributed by atoms with E-state index < -0.39 is 0 Å². The highest BCUT2D eigenvalue weighted by Crippen LogP contribution is 2.30. The van der Waals surface area contributed by atoms with Crippen molar-refractivity contribution in [3.8, 4) is 0 Å². The third kappa shape index (κ3) is 10.6. The van der Waals surface area contributed by atoms with E-state index in [4.69, 9.17) is 8.83 Å². The van der Waals surface area contributed by atoms with E-state index in [1.54, 1.807) is 0 Å². The van der Waals surface area contributed by atoms with Crippen LogP contribution in [0.5, 0.6) is 0 Å². The van der Waals surface area contributed by atoms with Crippen molar-refractivity contribution in [3.05, 3.63) is 132 Å². The van der Waals surface area contributed by atoms with Crippen molar-refractivity contribution >= 4 is 57.3 Å². The Kier molecular flexibility index (Phi) is 13.1. The number of thioether (sulfide) groups is 2. The Morgan fingerprint density at radius 2 is 0.980 bits per heavy atom. The SMILES string of the molecule is O=C(Cc1ccccc1)NCCc1coc2ccc(SCCCCCCSc3ccc4occ(CCNC(=O)Cc5ccccc5)c4c3)cc12.